The first-order valence-corrected chi connectivity index (χ1v) is 16.2. The van der Waals surface area contributed by atoms with Crippen LogP contribution in [0.4, 0.5) is 0 Å². The van der Waals surface area contributed by atoms with E-state index in [0.717, 1.165) is 21.8 Å². The summed E-state index contributed by atoms with van der Waals surface area (Å²) in [7, 11) is 0. The molecule has 1 aliphatic carbocycles. The van der Waals surface area contributed by atoms with Crippen molar-refractivity contribution in [1.82, 2.24) is 0 Å². The van der Waals surface area contributed by atoms with Crippen molar-refractivity contribution in [2.24, 2.45) is 0 Å². The van der Waals surface area contributed by atoms with Gasteiger partial charge in [-0.25, -0.2) is 0 Å². The molecule has 0 N–H and O–H groups in total. The van der Waals surface area contributed by atoms with Crippen molar-refractivity contribution in [3.63, 3.8) is 0 Å². The van der Waals surface area contributed by atoms with E-state index >= 15 is 0 Å². The lowest BCUT2D eigenvalue weighted by Gasteiger charge is -2.27. The molecule has 214 valence electrons. The molecule has 43 heavy (non-hydrogen) atoms. The van der Waals surface area contributed by atoms with Crippen LogP contribution in [0.2, 0.25) is 0 Å². The Balaban J connectivity index is 1.27. The zero-order valence-electron chi connectivity index (χ0n) is 23.3. The number of halogens is 2. The fourth-order valence-electron chi connectivity index (χ4n) is 5.46. The normalized spacial score (nSPS) is 13.5. The molecule has 0 radical (unpaired) electrons. The molecule has 0 atom stereocenters. The second-order valence-electron chi connectivity index (χ2n) is 10.5. The number of ether oxygens (including phenoxy) is 2. The highest BCUT2D eigenvalue weighted by Crippen LogP contribution is 2.45. The zero-order chi connectivity index (χ0) is 29.8. The lowest BCUT2D eigenvalue weighted by Crippen LogP contribution is -2.39. The number of hydrogen-bond donors (Lipinski definition) is 0. The molecular weight excluding hydrogens is 668 g/mol. The van der Waals surface area contributed by atoms with Crippen LogP contribution in [0.5, 0.6) is 11.5 Å². The summed E-state index contributed by atoms with van der Waals surface area (Å²) in [5.74, 6) is 0.863. The molecule has 1 aliphatic rings. The summed E-state index contributed by atoms with van der Waals surface area (Å²) in [5.41, 5.74) is 5.11. The molecule has 0 spiro atoms. The summed E-state index contributed by atoms with van der Waals surface area (Å²) >= 11 is 6.94. The average Bonchev–Trinajstić information content (AvgIpc) is 3.30. The number of benzene rings is 5. The number of ketones is 2. The Morgan fingerprint density at radius 2 is 0.814 bits per heavy atom. The Morgan fingerprint density at radius 3 is 1.16 bits per heavy atom. The molecule has 0 heterocycles. The van der Waals surface area contributed by atoms with Crippen LogP contribution in [0.1, 0.15) is 54.1 Å². The maximum atomic E-state index is 14.1. The molecule has 0 unspecified atom stereocenters. The maximum Gasteiger partial charge on any atom is 0.186 e. The van der Waals surface area contributed by atoms with Crippen LogP contribution >= 0.6 is 31.9 Å². The molecule has 6 rings (SSSR count). The Kier molecular flexibility index (Phi) is 8.59. The lowest BCUT2D eigenvalue weighted by molar-refractivity contribution is 0.0829. The van der Waals surface area contributed by atoms with Gasteiger partial charge >= 0.3 is 0 Å². The summed E-state index contributed by atoms with van der Waals surface area (Å²) in [4.78, 5) is 28.3. The third-order valence-electron chi connectivity index (χ3n) is 7.84. The minimum Gasteiger partial charge on any atom is -0.489 e. The summed E-state index contributed by atoms with van der Waals surface area (Å²) in [6.07, 6.45) is 0. The highest BCUT2D eigenvalue weighted by atomic mass is 79.9. The van der Waals surface area contributed by atoms with E-state index in [1.807, 2.05) is 72.8 Å². The molecule has 5 aromatic carbocycles. The molecule has 0 saturated carbocycles. The first-order chi connectivity index (χ1) is 21.0. The van der Waals surface area contributed by atoms with Gasteiger partial charge in [-0.3, -0.25) is 9.59 Å². The molecule has 4 nitrogen and oxygen atoms in total. The molecule has 0 saturated heterocycles. The summed E-state index contributed by atoms with van der Waals surface area (Å²) in [5, 5.41) is 1.61. The van der Waals surface area contributed by atoms with Crippen molar-refractivity contribution in [3.05, 3.63) is 166 Å². The fraction of sp³-hybridized carbons (Fsp3) is 0.135. The summed E-state index contributed by atoms with van der Waals surface area (Å²) in [6.45, 7) is 0.830. The third kappa shape index (κ3) is 5.69. The third-order valence-corrected chi connectivity index (χ3v) is 9.13. The van der Waals surface area contributed by atoms with E-state index in [4.69, 9.17) is 9.47 Å². The summed E-state index contributed by atoms with van der Waals surface area (Å²) < 4.78 is 12.1. The van der Waals surface area contributed by atoms with Crippen molar-refractivity contribution >= 4 is 43.4 Å². The van der Waals surface area contributed by atoms with Crippen molar-refractivity contribution in [1.29, 1.82) is 0 Å². The Hall–Kier alpha value is -4.00. The average molecular weight is 696 g/mol. The number of alkyl halides is 2. The molecule has 0 fully saturated rings. The first kappa shape index (κ1) is 29.1. The van der Waals surface area contributed by atoms with Crippen molar-refractivity contribution in [2.45, 2.75) is 29.3 Å². The second kappa shape index (κ2) is 12.7. The molecule has 0 aromatic heterocycles. The van der Waals surface area contributed by atoms with Crippen LogP contribution in [0, 0.1) is 0 Å². The van der Waals surface area contributed by atoms with Gasteiger partial charge in [0.05, 0.1) is 0 Å². The highest BCUT2D eigenvalue weighted by Gasteiger charge is 2.55. The highest BCUT2D eigenvalue weighted by molar-refractivity contribution is 9.08. The smallest absolute Gasteiger partial charge is 0.186 e. The number of rotatable bonds is 10. The van der Waals surface area contributed by atoms with Crippen molar-refractivity contribution < 1.29 is 19.1 Å². The minimum atomic E-state index is -1.49. The van der Waals surface area contributed by atoms with Gasteiger partial charge in [0, 0.05) is 21.8 Å². The van der Waals surface area contributed by atoms with Gasteiger partial charge in [-0.1, -0.05) is 129 Å². The Morgan fingerprint density at radius 1 is 0.465 bits per heavy atom. The maximum absolute atomic E-state index is 14.1. The number of carbonyl (C=O) groups excluding carboxylic acids is 2. The number of carbonyl (C=O) groups is 2. The monoisotopic (exact) mass is 694 g/mol. The van der Waals surface area contributed by atoms with Gasteiger partial charge in [-0.15, -0.1) is 0 Å². The van der Waals surface area contributed by atoms with Gasteiger partial charge in [0.2, 0.25) is 0 Å². The van der Waals surface area contributed by atoms with E-state index in [1.54, 1.807) is 24.3 Å². The fourth-order valence-corrected chi connectivity index (χ4v) is 6.21. The van der Waals surface area contributed by atoms with E-state index < -0.39 is 5.41 Å². The topological polar surface area (TPSA) is 52.6 Å². The molecule has 5 aromatic rings. The zero-order valence-corrected chi connectivity index (χ0v) is 26.4. The van der Waals surface area contributed by atoms with E-state index in [0.29, 0.717) is 47.0 Å². The van der Waals surface area contributed by atoms with Gasteiger partial charge < -0.3 is 9.47 Å². The molecule has 0 aliphatic heterocycles. The van der Waals surface area contributed by atoms with Crippen LogP contribution in [-0.4, -0.2) is 11.6 Å². The van der Waals surface area contributed by atoms with Gasteiger partial charge in [-0.05, 0) is 57.6 Å². The van der Waals surface area contributed by atoms with Crippen LogP contribution in [-0.2, 0) is 29.3 Å². The quantitative estimate of drug-likeness (QED) is 0.108. The van der Waals surface area contributed by atoms with Crippen LogP contribution in [0.15, 0.2) is 121 Å². The van der Waals surface area contributed by atoms with Gasteiger partial charge in [0.1, 0.15) is 30.1 Å². The van der Waals surface area contributed by atoms with Gasteiger partial charge in [0.15, 0.2) is 11.6 Å². The predicted molar refractivity (Wildman–Crippen MR) is 176 cm³/mol. The van der Waals surface area contributed by atoms with E-state index in [2.05, 4.69) is 56.1 Å². The van der Waals surface area contributed by atoms with Crippen molar-refractivity contribution in [3.8, 4) is 11.5 Å². The van der Waals surface area contributed by atoms with E-state index in [9.17, 15) is 9.59 Å². The van der Waals surface area contributed by atoms with Crippen LogP contribution < -0.4 is 9.47 Å². The van der Waals surface area contributed by atoms with Gasteiger partial charge in [-0.2, -0.15) is 0 Å². The van der Waals surface area contributed by atoms with E-state index in [-0.39, 0.29) is 11.6 Å². The lowest BCUT2D eigenvalue weighted by atomic mass is 9.70. The molecular formula is C37H28Br2O4. The first-order valence-electron chi connectivity index (χ1n) is 14.0. The second-order valence-corrected chi connectivity index (χ2v) is 11.6. The number of fused-ring (bicyclic) bond motifs is 1. The SMILES string of the molecule is O=C1c2ccccc2C(=O)C1(c1ccc(OCc2ccc(CBr)cc2)cc1)c1ccc(OCc2ccc(CBr)cc2)cc1. The Bertz CT molecular complexity index is 1610. The van der Waals surface area contributed by atoms with Crippen LogP contribution in [0.3, 0.4) is 0 Å². The Labute approximate surface area is 267 Å². The van der Waals surface area contributed by atoms with Gasteiger partial charge in [0.25, 0.3) is 0 Å². The molecule has 0 amide bonds. The van der Waals surface area contributed by atoms with Crippen LogP contribution in [0.25, 0.3) is 0 Å². The number of Topliss-reactive ketones (excluding diaryl/α,β-unsaturated/α-hetero) is 2. The van der Waals surface area contributed by atoms with Crippen molar-refractivity contribution in [2.75, 3.05) is 0 Å². The molecule has 0 bridgehead atoms. The molecule has 6 heteroatoms. The minimum absolute atomic E-state index is 0.228. The number of hydrogen-bond acceptors (Lipinski definition) is 4. The summed E-state index contributed by atoms with van der Waals surface area (Å²) in [6, 6.07) is 38.1. The van der Waals surface area contributed by atoms with E-state index in [1.165, 1.54) is 11.1 Å². The largest absolute Gasteiger partial charge is 0.489 e. The standard InChI is InChI=1S/C37H28Br2O4/c38-21-25-5-9-27(10-6-25)23-42-31-17-13-29(14-18-31)37(35(40)33-3-1-2-4-34(33)36(37)41)30-15-19-32(20-16-30)43-24-28-11-7-26(22-39)8-12-28/h1-20H,21-24H2. The predicted octanol–water partition coefficient (Wildman–Crippen LogP) is 9.00.